The second-order valence-electron chi connectivity index (χ2n) is 12.3. The SMILES string of the molecule is c1ccc(-c2nc3ccccc3c3ccc4c5ccccc5n(-c5ccc(-c6cc7ccccc7c7ccccc67)cc5)c4c23)cc1. The van der Waals surface area contributed by atoms with E-state index in [1.54, 1.807) is 0 Å². The fourth-order valence-electron chi connectivity index (χ4n) is 7.65. The van der Waals surface area contributed by atoms with Crippen LogP contribution in [-0.2, 0) is 0 Å². The Hall–Kier alpha value is -6.25. The van der Waals surface area contributed by atoms with Crippen LogP contribution in [-0.4, -0.2) is 9.55 Å². The Morgan fingerprint density at radius 1 is 0.404 bits per heavy atom. The number of pyridine rings is 1. The van der Waals surface area contributed by atoms with Crippen molar-refractivity contribution in [3.63, 3.8) is 0 Å². The van der Waals surface area contributed by atoms with Gasteiger partial charge in [0.15, 0.2) is 0 Å². The molecule has 0 radical (unpaired) electrons. The van der Waals surface area contributed by atoms with Gasteiger partial charge in [-0.15, -0.1) is 0 Å². The molecule has 47 heavy (non-hydrogen) atoms. The quantitative estimate of drug-likeness (QED) is 0.186. The van der Waals surface area contributed by atoms with Crippen molar-refractivity contribution < 1.29 is 0 Å². The van der Waals surface area contributed by atoms with Crippen LogP contribution in [0.25, 0.3) is 93.1 Å². The molecule has 8 aromatic carbocycles. The first-order chi connectivity index (χ1) is 23.3. The summed E-state index contributed by atoms with van der Waals surface area (Å²) in [7, 11) is 0. The first kappa shape index (κ1) is 26.0. The lowest BCUT2D eigenvalue weighted by Crippen LogP contribution is -1.97. The number of aromatic nitrogens is 2. The molecular weight excluding hydrogens is 569 g/mol. The predicted octanol–water partition coefficient (Wildman–Crippen LogP) is 12.1. The van der Waals surface area contributed by atoms with Gasteiger partial charge in [0.2, 0.25) is 0 Å². The van der Waals surface area contributed by atoms with Crippen molar-refractivity contribution in [3.8, 4) is 28.1 Å². The molecule has 0 unspecified atom stereocenters. The number of fused-ring (bicyclic) bond motifs is 10. The van der Waals surface area contributed by atoms with Gasteiger partial charge < -0.3 is 4.57 Å². The van der Waals surface area contributed by atoms with Gasteiger partial charge >= 0.3 is 0 Å². The molecule has 10 rings (SSSR count). The fraction of sp³-hybridized carbons (Fsp3) is 0. The van der Waals surface area contributed by atoms with Gasteiger partial charge in [-0.3, -0.25) is 0 Å². The maximum atomic E-state index is 5.32. The Morgan fingerprint density at radius 3 is 1.87 bits per heavy atom. The van der Waals surface area contributed by atoms with Crippen molar-refractivity contribution >= 4 is 65.0 Å². The molecule has 10 aromatic rings. The predicted molar refractivity (Wildman–Crippen MR) is 199 cm³/mol. The summed E-state index contributed by atoms with van der Waals surface area (Å²) in [6, 6.07) is 61.4. The van der Waals surface area contributed by atoms with Crippen molar-refractivity contribution in [2.75, 3.05) is 0 Å². The standard InChI is InChI=1S/C45H28N2/c1-2-12-30(13-3-1)44-43-38(36-18-8-10-20-41(36)46-44)26-27-39-37-19-9-11-21-42(37)47(45(39)43)32-24-22-29(23-25-32)40-28-31-14-4-5-15-33(31)34-16-6-7-17-35(34)40/h1-28H. The van der Waals surface area contributed by atoms with Gasteiger partial charge in [0.05, 0.1) is 22.2 Å². The van der Waals surface area contributed by atoms with Crippen LogP contribution in [0.5, 0.6) is 0 Å². The van der Waals surface area contributed by atoms with Gasteiger partial charge in [-0.25, -0.2) is 4.98 Å². The molecule has 0 amide bonds. The summed E-state index contributed by atoms with van der Waals surface area (Å²) < 4.78 is 2.44. The summed E-state index contributed by atoms with van der Waals surface area (Å²) in [5, 5.41) is 11.1. The van der Waals surface area contributed by atoms with Gasteiger partial charge in [0, 0.05) is 32.8 Å². The monoisotopic (exact) mass is 596 g/mol. The van der Waals surface area contributed by atoms with Crippen LogP contribution in [0.2, 0.25) is 0 Å². The minimum absolute atomic E-state index is 1.01. The van der Waals surface area contributed by atoms with Crippen molar-refractivity contribution in [2.45, 2.75) is 0 Å². The molecule has 0 aliphatic heterocycles. The molecule has 2 aromatic heterocycles. The maximum Gasteiger partial charge on any atom is 0.0809 e. The first-order valence-electron chi connectivity index (χ1n) is 16.1. The van der Waals surface area contributed by atoms with E-state index >= 15 is 0 Å². The average Bonchev–Trinajstić information content (AvgIpc) is 3.49. The number of nitrogens with zero attached hydrogens (tertiary/aromatic N) is 2. The summed E-state index contributed by atoms with van der Waals surface area (Å²) in [6.45, 7) is 0. The van der Waals surface area contributed by atoms with Crippen LogP contribution in [0.3, 0.4) is 0 Å². The second kappa shape index (κ2) is 10.1. The third-order valence-corrected chi connectivity index (χ3v) is 9.75. The van der Waals surface area contributed by atoms with Gasteiger partial charge in [0.1, 0.15) is 0 Å². The van der Waals surface area contributed by atoms with Crippen molar-refractivity contribution in [3.05, 3.63) is 170 Å². The van der Waals surface area contributed by atoms with Crippen molar-refractivity contribution in [1.29, 1.82) is 0 Å². The zero-order valence-electron chi connectivity index (χ0n) is 25.6. The number of benzene rings is 8. The number of rotatable bonds is 3. The maximum absolute atomic E-state index is 5.32. The number of hydrogen-bond acceptors (Lipinski definition) is 1. The van der Waals surface area contributed by atoms with E-state index in [1.165, 1.54) is 70.6 Å². The molecule has 2 heterocycles. The van der Waals surface area contributed by atoms with Crippen LogP contribution in [0, 0.1) is 0 Å². The lowest BCUT2D eigenvalue weighted by Gasteiger charge is -2.15. The lowest BCUT2D eigenvalue weighted by atomic mass is 9.93. The molecule has 2 nitrogen and oxygen atoms in total. The van der Waals surface area contributed by atoms with E-state index in [9.17, 15) is 0 Å². The summed E-state index contributed by atoms with van der Waals surface area (Å²) in [5.74, 6) is 0. The third kappa shape index (κ3) is 3.89. The normalized spacial score (nSPS) is 11.8. The average molecular weight is 597 g/mol. The molecule has 0 bridgehead atoms. The first-order valence-corrected chi connectivity index (χ1v) is 16.1. The van der Waals surface area contributed by atoms with E-state index in [4.69, 9.17) is 4.98 Å². The van der Waals surface area contributed by atoms with Gasteiger partial charge in [-0.2, -0.15) is 0 Å². The third-order valence-electron chi connectivity index (χ3n) is 9.75. The van der Waals surface area contributed by atoms with E-state index in [-0.39, 0.29) is 0 Å². The Bertz CT molecular complexity index is 2830. The zero-order valence-corrected chi connectivity index (χ0v) is 25.6. The van der Waals surface area contributed by atoms with Crippen LogP contribution in [0.15, 0.2) is 170 Å². The summed E-state index contributed by atoms with van der Waals surface area (Å²) in [6.07, 6.45) is 0. The van der Waals surface area contributed by atoms with Crippen LogP contribution in [0.1, 0.15) is 0 Å². The second-order valence-corrected chi connectivity index (χ2v) is 12.3. The molecule has 0 fully saturated rings. The van der Waals surface area contributed by atoms with Gasteiger partial charge in [-0.05, 0) is 68.4 Å². The lowest BCUT2D eigenvalue weighted by molar-refractivity contribution is 1.19. The van der Waals surface area contributed by atoms with E-state index in [1.807, 2.05) is 0 Å². The van der Waals surface area contributed by atoms with E-state index in [2.05, 4.69) is 174 Å². The van der Waals surface area contributed by atoms with Crippen LogP contribution in [0.4, 0.5) is 0 Å². The van der Waals surface area contributed by atoms with Gasteiger partial charge in [-0.1, -0.05) is 140 Å². The summed E-state index contributed by atoms with van der Waals surface area (Å²) in [4.78, 5) is 5.32. The molecule has 0 saturated heterocycles. The molecule has 0 N–H and O–H groups in total. The minimum Gasteiger partial charge on any atom is -0.309 e. The fourth-order valence-corrected chi connectivity index (χ4v) is 7.65. The highest BCUT2D eigenvalue weighted by Crippen LogP contribution is 2.43. The van der Waals surface area contributed by atoms with E-state index in [0.717, 1.165) is 22.5 Å². The van der Waals surface area contributed by atoms with E-state index < -0.39 is 0 Å². The highest BCUT2D eigenvalue weighted by atomic mass is 15.0. The van der Waals surface area contributed by atoms with Crippen molar-refractivity contribution in [1.82, 2.24) is 9.55 Å². The summed E-state index contributed by atoms with van der Waals surface area (Å²) in [5.41, 5.74) is 9.09. The Morgan fingerprint density at radius 2 is 1.04 bits per heavy atom. The molecule has 0 saturated carbocycles. The summed E-state index contributed by atoms with van der Waals surface area (Å²) >= 11 is 0. The molecular formula is C45H28N2. The highest BCUT2D eigenvalue weighted by molar-refractivity contribution is 6.26. The highest BCUT2D eigenvalue weighted by Gasteiger charge is 2.20. The topological polar surface area (TPSA) is 17.8 Å². The molecule has 0 aliphatic carbocycles. The van der Waals surface area contributed by atoms with Crippen LogP contribution < -0.4 is 0 Å². The Balaban J connectivity index is 1.28. The molecule has 0 spiro atoms. The zero-order chi connectivity index (χ0) is 30.9. The Kier molecular flexibility index (Phi) is 5.61. The van der Waals surface area contributed by atoms with Gasteiger partial charge in [0.25, 0.3) is 0 Å². The smallest absolute Gasteiger partial charge is 0.0809 e. The Labute approximate surface area is 271 Å². The number of hydrogen-bond donors (Lipinski definition) is 0. The molecule has 2 heteroatoms. The molecule has 218 valence electrons. The largest absolute Gasteiger partial charge is 0.309 e. The minimum atomic E-state index is 1.01. The van der Waals surface area contributed by atoms with Crippen LogP contribution >= 0.6 is 0 Å². The molecule has 0 atom stereocenters. The van der Waals surface area contributed by atoms with Crippen molar-refractivity contribution in [2.24, 2.45) is 0 Å². The molecule has 0 aliphatic rings. The number of para-hydroxylation sites is 2. The van der Waals surface area contributed by atoms with E-state index in [0.29, 0.717) is 0 Å².